The standard InChI is InChI=1S/C12H21NO3S2/c1-8-6-11(17-9(8)2)18(15,16)13-7-10(14)12(3,4)5/h6,10,13-14H,7H2,1-5H3. The Kier molecular flexibility index (Phi) is 4.59. The van der Waals surface area contributed by atoms with Gasteiger partial charge in [0.25, 0.3) is 0 Å². The molecule has 0 amide bonds. The number of sulfonamides is 1. The predicted octanol–water partition coefficient (Wildman–Crippen LogP) is 2.05. The number of hydrogen-bond acceptors (Lipinski definition) is 4. The molecule has 0 spiro atoms. The van der Waals surface area contributed by atoms with E-state index < -0.39 is 16.1 Å². The van der Waals surface area contributed by atoms with Gasteiger partial charge in [0, 0.05) is 11.4 Å². The number of thiophene rings is 1. The van der Waals surface area contributed by atoms with Crippen molar-refractivity contribution in [2.24, 2.45) is 5.41 Å². The van der Waals surface area contributed by atoms with Crippen LogP contribution in [0.15, 0.2) is 10.3 Å². The van der Waals surface area contributed by atoms with Crippen molar-refractivity contribution >= 4 is 21.4 Å². The van der Waals surface area contributed by atoms with E-state index in [0.717, 1.165) is 10.4 Å². The molecular formula is C12H21NO3S2. The molecule has 18 heavy (non-hydrogen) atoms. The topological polar surface area (TPSA) is 66.4 Å². The largest absolute Gasteiger partial charge is 0.391 e. The summed E-state index contributed by atoms with van der Waals surface area (Å²) >= 11 is 1.25. The molecule has 0 fully saturated rings. The molecule has 0 saturated carbocycles. The van der Waals surface area contributed by atoms with Crippen LogP contribution in [-0.2, 0) is 10.0 Å². The number of aliphatic hydroxyl groups is 1. The van der Waals surface area contributed by atoms with Gasteiger partial charge < -0.3 is 5.11 Å². The maximum Gasteiger partial charge on any atom is 0.250 e. The van der Waals surface area contributed by atoms with Crippen molar-refractivity contribution in [3.05, 3.63) is 16.5 Å². The van der Waals surface area contributed by atoms with E-state index in [0.29, 0.717) is 4.21 Å². The maximum absolute atomic E-state index is 12.0. The molecule has 2 N–H and O–H groups in total. The van der Waals surface area contributed by atoms with Crippen molar-refractivity contribution in [2.45, 2.75) is 44.9 Å². The van der Waals surface area contributed by atoms with Crippen LogP contribution in [0, 0.1) is 19.3 Å². The van der Waals surface area contributed by atoms with Crippen molar-refractivity contribution in [1.82, 2.24) is 4.72 Å². The Hall–Kier alpha value is -0.430. The summed E-state index contributed by atoms with van der Waals surface area (Å²) in [5.41, 5.74) is 0.626. The molecule has 0 saturated heterocycles. The highest BCUT2D eigenvalue weighted by molar-refractivity contribution is 7.91. The highest BCUT2D eigenvalue weighted by Gasteiger charge is 2.25. The minimum absolute atomic E-state index is 0.0296. The Morgan fingerprint density at radius 1 is 1.39 bits per heavy atom. The number of aryl methyl sites for hydroxylation is 2. The molecule has 0 aliphatic rings. The van der Waals surface area contributed by atoms with Gasteiger partial charge in [-0.15, -0.1) is 11.3 Å². The molecule has 1 aromatic heterocycles. The number of hydrogen-bond donors (Lipinski definition) is 2. The van der Waals surface area contributed by atoms with Crippen LogP contribution in [0.25, 0.3) is 0 Å². The SMILES string of the molecule is Cc1cc(S(=O)(=O)NCC(O)C(C)(C)C)sc1C. The number of nitrogens with one attached hydrogen (secondary N) is 1. The van der Waals surface area contributed by atoms with Crippen LogP contribution in [0.2, 0.25) is 0 Å². The van der Waals surface area contributed by atoms with E-state index in [1.165, 1.54) is 11.3 Å². The van der Waals surface area contributed by atoms with E-state index in [1.54, 1.807) is 6.07 Å². The lowest BCUT2D eigenvalue weighted by molar-refractivity contribution is 0.0677. The summed E-state index contributed by atoms with van der Waals surface area (Å²) in [6.07, 6.45) is -0.713. The van der Waals surface area contributed by atoms with Gasteiger partial charge in [0.15, 0.2) is 0 Å². The third-order valence-electron chi connectivity index (χ3n) is 2.87. The minimum atomic E-state index is -3.51. The summed E-state index contributed by atoms with van der Waals surface area (Å²) in [7, 11) is -3.51. The van der Waals surface area contributed by atoms with Crippen LogP contribution in [0.1, 0.15) is 31.2 Å². The third-order valence-corrected chi connectivity index (χ3v) is 5.92. The first-order valence-corrected chi connectivity index (χ1v) is 8.09. The first kappa shape index (κ1) is 15.6. The number of rotatable bonds is 4. The summed E-state index contributed by atoms with van der Waals surface area (Å²) in [5, 5.41) is 9.83. The second kappa shape index (κ2) is 5.28. The summed E-state index contributed by atoms with van der Waals surface area (Å²) in [6, 6.07) is 1.66. The first-order chi connectivity index (χ1) is 8.04. The summed E-state index contributed by atoms with van der Waals surface area (Å²) in [4.78, 5) is 0.992. The summed E-state index contributed by atoms with van der Waals surface area (Å²) in [6.45, 7) is 9.40. The Bertz CT molecular complexity index is 492. The van der Waals surface area contributed by atoms with E-state index in [1.807, 2.05) is 34.6 Å². The number of aliphatic hydroxyl groups excluding tert-OH is 1. The zero-order valence-corrected chi connectivity index (χ0v) is 13.1. The lowest BCUT2D eigenvalue weighted by Crippen LogP contribution is -2.38. The van der Waals surface area contributed by atoms with Crippen molar-refractivity contribution in [3.63, 3.8) is 0 Å². The highest BCUT2D eigenvalue weighted by Crippen LogP contribution is 2.25. The van der Waals surface area contributed by atoms with Crippen molar-refractivity contribution in [2.75, 3.05) is 6.54 Å². The smallest absolute Gasteiger partial charge is 0.250 e. The lowest BCUT2D eigenvalue weighted by atomic mass is 9.89. The molecule has 1 rings (SSSR count). The van der Waals surface area contributed by atoms with Gasteiger partial charge in [0.05, 0.1) is 6.10 Å². The normalized spacial score (nSPS) is 14.8. The average Bonchev–Trinajstić information content (AvgIpc) is 2.55. The van der Waals surface area contributed by atoms with E-state index >= 15 is 0 Å². The Morgan fingerprint density at radius 3 is 2.33 bits per heavy atom. The minimum Gasteiger partial charge on any atom is -0.391 e. The zero-order chi connectivity index (χ0) is 14.1. The van der Waals surface area contributed by atoms with Gasteiger partial charge in [0.2, 0.25) is 10.0 Å². The molecule has 1 unspecified atom stereocenters. The molecule has 4 nitrogen and oxygen atoms in total. The van der Waals surface area contributed by atoms with Crippen LogP contribution in [0.5, 0.6) is 0 Å². The van der Waals surface area contributed by atoms with Gasteiger partial charge >= 0.3 is 0 Å². The van der Waals surface area contributed by atoms with E-state index in [4.69, 9.17) is 0 Å². The predicted molar refractivity (Wildman–Crippen MR) is 74.4 cm³/mol. The van der Waals surface area contributed by atoms with Gasteiger partial charge in [-0.1, -0.05) is 20.8 Å². The van der Waals surface area contributed by atoms with Gasteiger partial charge in [-0.05, 0) is 30.9 Å². The molecule has 104 valence electrons. The van der Waals surface area contributed by atoms with Gasteiger partial charge in [-0.3, -0.25) is 0 Å². The molecule has 0 aliphatic heterocycles. The monoisotopic (exact) mass is 291 g/mol. The molecule has 0 aromatic carbocycles. The van der Waals surface area contributed by atoms with E-state index in [9.17, 15) is 13.5 Å². The molecular weight excluding hydrogens is 270 g/mol. The first-order valence-electron chi connectivity index (χ1n) is 5.79. The Labute approximate surface area is 113 Å². The van der Waals surface area contributed by atoms with Crippen molar-refractivity contribution in [1.29, 1.82) is 0 Å². The Morgan fingerprint density at radius 2 is 1.94 bits per heavy atom. The van der Waals surface area contributed by atoms with Gasteiger partial charge in [-0.2, -0.15) is 0 Å². The van der Waals surface area contributed by atoms with Gasteiger partial charge in [-0.25, -0.2) is 13.1 Å². The fourth-order valence-electron chi connectivity index (χ4n) is 1.24. The molecule has 6 heteroatoms. The third kappa shape index (κ3) is 3.78. The van der Waals surface area contributed by atoms with Crippen LogP contribution < -0.4 is 4.72 Å². The van der Waals surface area contributed by atoms with Crippen LogP contribution >= 0.6 is 11.3 Å². The second-order valence-corrected chi connectivity index (χ2v) is 8.79. The molecule has 1 heterocycles. The molecule has 1 atom stereocenters. The molecule has 0 bridgehead atoms. The molecule has 0 aliphatic carbocycles. The maximum atomic E-state index is 12.0. The highest BCUT2D eigenvalue weighted by atomic mass is 32.2. The molecule has 0 radical (unpaired) electrons. The summed E-state index contributed by atoms with van der Waals surface area (Å²) in [5.74, 6) is 0. The van der Waals surface area contributed by atoms with Crippen molar-refractivity contribution in [3.8, 4) is 0 Å². The van der Waals surface area contributed by atoms with Crippen LogP contribution in [0.3, 0.4) is 0 Å². The van der Waals surface area contributed by atoms with Crippen LogP contribution in [0.4, 0.5) is 0 Å². The lowest BCUT2D eigenvalue weighted by Gasteiger charge is -2.25. The second-order valence-electron chi connectivity index (χ2n) is 5.54. The summed E-state index contributed by atoms with van der Waals surface area (Å²) < 4.78 is 26.8. The van der Waals surface area contributed by atoms with Crippen molar-refractivity contribution < 1.29 is 13.5 Å². The fraction of sp³-hybridized carbons (Fsp3) is 0.667. The van der Waals surface area contributed by atoms with E-state index in [-0.39, 0.29) is 12.0 Å². The quantitative estimate of drug-likeness (QED) is 0.892. The fourth-order valence-corrected chi connectivity index (χ4v) is 3.84. The van der Waals surface area contributed by atoms with Gasteiger partial charge in [0.1, 0.15) is 4.21 Å². The van der Waals surface area contributed by atoms with Crippen LogP contribution in [-0.4, -0.2) is 26.2 Å². The average molecular weight is 291 g/mol. The Balaban J connectivity index is 2.78. The zero-order valence-electron chi connectivity index (χ0n) is 11.4. The van der Waals surface area contributed by atoms with E-state index in [2.05, 4.69) is 4.72 Å². The molecule has 1 aromatic rings.